The van der Waals surface area contributed by atoms with Crippen LogP contribution in [0.15, 0.2) is 0 Å². The van der Waals surface area contributed by atoms with E-state index in [-0.39, 0.29) is 11.9 Å². The molecule has 0 aliphatic heterocycles. The van der Waals surface area contributed by atoms with E-state index < -0.39 is 0 Å². The third-order valence-corrected chi connectivity index (χ3v) is 2.28. The van der Waals surface area contributed by atoms with Gasteiger partial charge in [-0.3, -0.25) is 21.7 Å². The van der Waals surface area contributed by atoms with Gasteiger partial charge in [0, 0.05) is 6.04 Å². The number of guanidine groups is 2. The zero-order chi connectivity index (χ0) is 10.4. The Morgan fingerprint density at radius 2 is 1.71 bits per heavy atom. The summed E-state index contributed by atoms with van der Waals surface area (Å²) in [7, 11) is 0. The van der Waals surface area contributed by atoms with Crippen molar-refractivity contribution in [3.8, 4) is 0 Å². The first kappa shape index (κ1) is 10.6. The van der Waals surface area contributed by atoms with E-state index in [0.717, 1.165) is 12.8 Å². The van der Waals surface area contributed by atoms with E-state index in [4.69, 9.17) is 16.6 Å². The van der Waals surface area contributed by atoms with Crippen LogP contribution in [0.25, 0.3) is 0 Å². The summed E-state index contributed by atoms with van der Waals surface area (Å²) in [5.41, 5.74) is 9.92. The molecular formula is C8H18N6. The van der Waals surface area contributed by atoms with Gasteiger partial charge in [-0.1, -0.05) is 19.3 Å². The molecule has 6 nitrogen and oxygen atoms in total. The van der Waals surface area contributed by atoms with Gasteiger partial charge in [-0.05, 0) is 12.8 Å². The molecule has 0 heterocycles. The number of nitrogens with two attached hydrogens (primary N) is 1. The molecule has 1 fully saturated rings. The molecule has 14 heavy (non-hydrogen) atoms. The van der Waals surface area contributed by atoms with Crippen molar-refractivity contribution >= 4 is 11.9 Å². The first-order valence-corrected chi connectivity index (χ1v) is 4.89. The number of hydrogen-bond acceptors (Lipinski definition) is 2. The van der Waals surface area contributed by atoms with Crippen LogP contribution in [-0.4, -0.2) is 18.0 Å². The van der Waals surface area contributed by atoms with Crippen molar-refractivity contribution in [1.82, 2.24) is 16.2 Å². The number of rotatable bonds is 1. The Hall–Kier alpha value is -1.46. The van der Waals surface area contributed by atoms with Crippen LogP contribution < -0.4 is 21.9 Å². The summed E-state index contributed by atoms with van der Waals surface area (Å²) in [6, 6.07) is 0.387. The fourth-order valence-corrected chi connectivity index (χ4v) is 1.62. The minimum absolute atomic E-state index is 0.173. The lowest BCUT2D eigenvalue weighted by atomic mass is 9.96. The molecule has 0 aromatic heterocycles. The number of hydrogen-bond donors (Lipinski definition) is 6. The molecule has 0 amide bonds. The molecule has 1 saturated carbocycles. The summed E-state index contributed by atoms with van der Waals surface area (Å²) >= 11 is 0. The van der Waals surface area contributed by atoms with E-state index in [2.05, 4.69) is 16.2 Å². The SMILES string of the molecule is N=C(N)NNC(=N)NC1CCCCC1. The Morgan fingerprint density at radius 3 is 2.29 bits per heavy atom. The second-order valence-corrected chi connectivity index (χ2v) is 3.52. The van der Waals surface area contributed by atoms with Crippen molar-refractivity contribution in [2.45, 2.75) is 38.1 Å². The lowest BCUT2D eigenvalue weighted by molar-refractivity contribution is 0.409. The second-order valence-electron chi connectivity index (χ2n) is 3.52. The first-order valence-electron chi connectivity index (χ1n) is 4.89. The molecule has 7 N–H and O–H groups in total. The van der Waals surface area contributed by atoms with Crippen molar-refractivity contribution in [2.75, 3.05) is 0 Å². The van der Waals surface area contributed by atoms with Crippen LogP contribution >= 0.6 is 0 Å². The van der Waals surface area contributed by atoms with Crippen molar-refractivity contribution in [2.24, 2.45) is 5.73 Å². The van der Waals surface area contributed by atoms with Crippen molar-refractivity contribution in [3.63, 3.8) is 0 Å². The molecule has 0 spiro atoms. The predicted octanol–water partition coefficient (Wildman–Crippen LogP) is -0.169. The summed E-state index contributed by atoms with van der Waals surface area (Å²) in [5, 5.41) is 17.4. The largest absolute Gasteiger partial charge is 0.369 e. The maximum absolute atomic E-state index is 7.48. The number of nitrogens with one attached hydrogen (secondary N) is 5. The average Bonchev–Trinajstić information content (AvgIpc) is 2.16. The van der Waals surface area contributed by atoms with E-state index in [1.807, 2.05) is 0 Å². The van der Waals surface area contributed by atoms with Gasteiger partial charge in [0.15, 0.2) is 0 Å². The van der Waals surface area contributed by atoms with E-state index >= 15 is 0 Å². The Morgan fingerprint density at radius 1 is 1.07 bits per heavy atom. The fourth-order valence-electron chi connectivity index (χ4n) is 1.62. The van der Waals surface area contributed by atoms with Gasteiger partial charge in [-0.15, -0.1) is 0 Å². The minimum Gasteiger partial charge on any atom is -0.369 e. The van der Waals surface area contributed by atoms with E-state index in [9.17, 15) is 0 Å². The van der Waals surface area contributed by atoms with Crippen LogP contribution in [0.1, 0.15) is 32.1 Å². The molecule has 0 aromatic carbocycles. The van der Waals surface area contributed by atoms with Crippen molar-refractivity contribution < 1.29 is 0 Å². The zero-order valence-corrected chi connectivity index (χ0v) is 8.19. The van der Waals surface area contributed by atoms with Crippen LogP contribution in [0.5, 0.6) is 0 Å². The van der Waals surface area contributed by atoms with Gasteiger partial charge in [-0.2, -0.15) is 0 Å². The molecule has 1 rings (SSSR count). The van der Waals surface area contributed by atoms with Crippen LogP contribution in [0.3, 0.4) is 0 Å². The first-order chi connectivity index (χ1) is 6.68. The van der Waals surface area contributed by atoms with E-state index in [0.29, 0.717) is 6.04 Å². The second kappa shape index (κ2) is 5.31. The smallest absolute Gasteiger partial charge is 0.207 e. The Bertz CT molecular complexity index is 208. The lowest BCUT2D eigenvalue weighted by Gasteiger charge is -2.24. The van der Waals surface area contributed by atoms with Gasteiger partial charge in [0.1, 0.15) is 0 Å². The summed E-state index contributed by atoms with van der Waals surface area (Å²) < 4.78 is 0. The van der Waals surface area contributed by atoms with Crippen LogP contribution in [0.4, 0.5) is 0 Å². The van der Waals surface area contributed by atoms with Gasteiger partial charge in [0.25, 0.3) is 0 Å². The molecule has 0 aromatic rings. The predicted molar refractivity (Wildman–Crippen MR) is 55.9 cm³/mol. The minimum atomic E-state index is -0.194. The summed E-state index contributed by atoms with van der Waals surface area (Å²) in [6.45, 7) is 0. The van der Waals surface area contributed by atoms with Gasteiger partial charge in [0.2, 0.25) is 11.9 Å². The highest BCUT2D eigenvalue weighted by molar-refractivity contribution is 5.81. The highest BCUT2D eigenvalue weighted by Gasteiger charge is 2.13. The molecule has 0 bridgehead atoms. The molecule has 0 atom stereocenters. The Balaban J connectivity index is 2.15. The molecule has 0 saturated heterocycles. The normalized spacial score (nSPS) is 17.1. The van der Waals surface area contributed by atoms with Gasteiger partial charge in [-0.25, -0.2) is 0 Å². The van der Waals surface area contributed by atoms with E-state index in [1.54, 1.807) is 0 Å². The maximum atomic E-state index is 7.48. The Labute approximate surface area is 83.6 Å². The van der Waals surface area contributed by atoms with Gasteiger partial charge >= 0.3 is 0 Å². The monoisotopic (exact) mass is 198 g/mol. The summed E-state index contributed by atoms with van der Waals surface area (Å²) in [5.74, 6) is -0.0210. The number of hydrazine groups is 1. The average molecular weight is 198 g/mol. The summed E-state index contributed by atoms with van der Waals surface area (Å²) in [4.78, 5) is 0. The zero-order valence-electron chi connectivity index (χ0n) is 8.19. The molecule has 0 radical (unpaired) electrons. The molecule has 80 valence electrons. The fraction of sp³-hybridized carbons (Fsp3) is 0.750. The van der Waals surface area contributed by atoms with Crippen molar-refractivity contribution in [3.05, 3.63) is 0 Å². The topological polar surface area (TPSA) is 110 Å². The van der Waals surface area contributed by atoms with E-state index in [1.165, 1.54) is 19.3 Å². The summed E-state index contributed by atoms with van der Waals surface area (Å²) in [6.07, 6.45) is 5.98. The van der Waals surface area contributed by atoms with Gasteiger partial charge < -0.3 is 11.1 Å². The van der Waals surface area contributed by atoms with Crippen molar-refractivity contribution in [1.29, 1.82) is 10.8 Å². The van der Waals surface area contributed by atoms with Crippen LogP contribution in [-0.2, 0) is 0 Å². The quantitative estimate of drug-likeness (QED) is 0.200. The molecule has 0 unspecified atom stereocenters. The third-order valence-electron chi connectivity index (χ3n) is 2.28. The highest BCUT2D eigenvalue weighted by Crippen LogP contribution is 2.16. The third kappa shape index (κ3) is 3.97. The van der Waals surface area contributed by atoms with Crippen LogP contribution in [0.2, 0.25) is 0 Å². The lowest BCUT2D eigenvalue weighted by Crippen LogP contribution is -2.52. The standard InChI is InChI=1S/C8H18N6/c9-7(10)13-14-8(11)12-6-4-2-1-3-5-6/h6H,1-5H2,(H4,9,10,13)(H3,11,12,14). The maximum Gasteiger partial charge on any atom is 0.207 e. The van der Waals surface area contributed by atoms with Crippen LogP contribution in [0, 0.1) is 10.8 Å². The molecule has 6 heteroatoms. The Kier molecular flexibility index (Phi) is 4.03. The molecule has 1 aliphatic rings. The highest BCUT2D eigenvalue weighted by atomic mass is 15.5. The molecule has 1 aliphatic carbocycles. The van der Waals surface area contributed by atoms with Gasteiger partial charge in [0.05, 0.1) is 0 Å². The molecular weight excluding hydrogens is 180 g/mol.